The molecule has 0 aromatic carbocycles. The minimum absolute atomic E-state index is 0.125. The second-order valence-corrected chi connectivity index (χ2v) is 2.61. The summed E-state index contributed by atoms with van der Waals surface area (Å²) >= 11 is 0. The van der Waals surface area contributed by atoms with Gasteiger partial charge in [-0.1, -0.05) is 13.3 Å². The lowest BCUT2D eigenvalue weighted by atomic mass is 10.3. The van der Waals surface area contributed by atoms with Crippen LogP contribution in [0.15, 0.2) is 0 Å². The fourth-order valence-electron chi connectivity index (χ4n) is 0.646. The summed E-state index contributed by atoms with van der Waals surface area (Å²) in [6, 6.07) is 0. The molecule has 4 heteroatoms. The lowest BCUT2D eigenvalue weighted by molar-refractivity contribution is -0.146. The quantitative estimate of drug-likeness (QED) is 0.444. The Bertz CT molecular complexity index is 124. The predicted octanol–water partition coefficient (Wildman–Crippen LogP) is 0.0730. The van der Waals surface area contributed by atoms with Gasteiger partial charge < -0.3 is 14.9 Å². The standard InChI is InChI=1S/C8H16O4/c1-2-3-4-12-8(11)5-7(10)6-9/h7,9-10H,2-6H2,1H3/t7-/m0/s1. The molecule has 0 unspecified atom stereocenters. The molecule has 0 aromatic rings. The molecule has 0 bridgehead atoms. The number of carbonyl (C=O) groups is 1. The van der Waals surface area contributed by atoms with Crippen molar-refractivity contribution in [1.29, 1.82) is 0 Å². The summed E-state index contributed by atoms with van der Waals surface area (Å²) in [4.78, 5) is 10.8. The summed E-state index contributed by atoms with van der Waals surface area (Å²) in [5, 5.41) is 17.2. The molecule has 0 saturated heterocycles. The molecule has 12 heavy (non-hydrogen) atoms. The molecule has 0 amide bonds. The molecule has 0 rings (SSSR count). The van der Waals surface area contributed by atoms with Crippen LogP contribution in [0.25, 0.3) is 0 Å². The van der Waals surface area contributed by atoms with Crippen LogP contribution in [0.2, 0.25) is 0 Å². The van der Waals surface area contributed by atoms with Crippen molar-refractivity contribution in [3.05, 3.63) is 0 Å². The number of hydrogen-bond donors (Lipinski definition) is 2. The molecular formula is C8H16O4. The SMILES string of the molecule is CCCCOC(=O)C[C@H](O)CO. The first-order chi connectivity index (χ1) is 5.70. The van der Waals surface area contributed by atoms with Crippen LogP contribution in [-0.4, -0.2) is 35.5 Å². The largest absolute Gasteiger partial charge is 0.466 e. The Morgan fingerprint density at radius 2 is 2.25 bits per heavy atom. The summed E-state index contributed by atoms with van der Waals surface area (Å²) in [5.41, 5.74) is 0. The molecule has 0 radical (unpaired) electrons. The third-order valence-electron chi connectivity index (χ3n) is 1.37. The van der Waals surface area contributed by atoms with E-state index in [1.54, 1.807) is 0 Å². The monoisotopic (exact) mass is 176 g/mol. The lowest BCUT2D eigenvalue weighted by Crippen LogP contribution is -2.19. The van der Waals surface area contributed by atoms with Gasteiger partial charge in [0.1, 0.15) is 0 Å². The van der Waals surface area contributed by atoms with Crippen LogP contribution < -0.4 is 0 Å². The van der Waals surface area contributed by atoms with Crippen LogP contribution >= 0.6 is 0 Å². The number of unbranched alkanes of at least 4 members (excludes halogenated alkanes) is 1. The zero-order chi connectivity index (χ0) is 9.40. The van der Waals surface area contributed by atoms with Crippen molar-refractivity contribution in [3.63, 3.8) is 0 Å². The average molecular weight is 176 g/mol. The van der Waals surface area contributed by atoms with Crippen LogP contribution in [0.4, 0.5) is 0 Å². The zero-order valence-electron chi connectivity index (χ0n) is 7.32. The molecule has 4 nitrogen and oxygen atoms in total. The number of aliphatic hydroxyl groups is 2. The maximum atomic E-state index is 10.8. The van der Waals surface area contributed by atoms with E-state index in [9.17, 15) is 4.79 Å². The van der Waals surface area contributed by atoms with Gasteiger partial charge in [0.2, 0.25) is 0 Å². The molecule has 1 atom stereocenters. The Balaban J connectivity index is 3.33. The van der Waals surface area contributed by atoms with Gasteiger partial charge in [0.15, 0.2) is 0 Å². The van der Waals surface area contributed by atoms with Crippen molar-refractivity contribution in [3.8, 4) is 0 Å². The fraction of sp³-hybridized carbons (Fsp3) is 0.875. The van der Waals surface area contributed by atoms with Crippen molar-refractivity contribution in [2.75, 3.05) is 13.2 Å². The van der Waals surface area contributed by atoms with Gasteiger partial charge in [-0.15, -0.1) is 0 Å². The van der Waals surface area contributed by atoms with Crippen molar-refractivity contribution < 1.29 is 19.7 Å². The van der Waals surface area contributed by atoms with Gasteiger partial charge in [0, 0.05) is 0 Å². The van der Waals surface area contributed by atoms with E-state index in [2.05, 4.69) is 0 Å². The van der Waals surface area contributed by atoms with Crippen molar-refractivity contribution in [1.82, 2.24) is 0 Å². The summed E-state index contributed by atoms with van der Waals surface area (Å²) in [6.45, 7) is 1.99. The highest BCUT2D eigenvalue weighted by molar-refractivity contribution is 5.69. The molecule has 0 aliphatic rings. The third-order valence-corrected chi connectivity index (χ3v) is 1.37. The Morgan fingerprint density at radius 3 is 2.75 bits per heavy atom. The number of aliphatic hydroxyl groups excluding tert-OH is 2. The van der Waals surface area contributed by atoms with Crippen molar-refractivity contribution in [2.24, 2.45) is 0 Å². The van der Waals surface area contributed by atoms with Gasteiger partial charge >= 0.3 is 5.97 Å². The van der Waals surface area contributed by atoms with Gasteiger partial charge in [-0.05, 0) is 6.42 Å². The van der Waals surface area contributed by atoms with Crippen LogP contribution in [0.5, 0.6) is 0 Å². The van der Waals surface area contributed by atoms with E-state index in [1.807, 2.05) is 6.92 Å². The van der Waals surface area contributed by atoms with Crippen LogP contribution in [0.3, 0.4) is 0 Å². The minimum atomic E-state index is -0.987. The first-order valence-corrected chi connectivity index (χ1v) is 4.15. The smallest absolute Gasteiger partial charge is 0.308 e. The summed E-state index contributed by atoms with van der Waals surface area (Å²) in [5.74, 6) is -0.454. The summed E-state index contributed by atoms with van der Waals surface area (Å²) in [7, 11) is 0. The van der Waals surface area contributed by atoms with E-state index >= 15 is 0 Å². The highest BCUT2D eigenvalue weighted by Gasteiger charge is 2.09. The molecule has 0 aliphatic heterocycles. The zero-order valence-corrected chi connectivity index (χ0v) is 7.32. The molecule has 0 aliphatic carbocycles. The average Bonchev–Trinajstić information content (AvgIpc) is 2.05. The molecule has 2 N–H and O–H groups in total. The highest BCUT2D eigenvalue weighted by Crippen LogP contribution is 1.95. The Morgan fingerprint density at radius 1 is 1.58 bits per heavy atom. The van der Waals surface area contributed by atoms with Crippen LogP contribution in [0, 0.1) is 0 Å². The van der Waals surface area contributed by atoms with Gasteiger partial charge in [-0.2, -0.15) is 0 Å². The first kappa shape index (κ1) is 11.4. The summed E-state index contributed by atoms with van der Waals surface area (Å²) < 4.78 is 4.74. The minimum Gasteiger partial charge on any atom is -0.466 e. The van der Waals surface area contributed by atoms with Crippen LogP contribution in [0.1, 0.15) is 26.2 Å². The van der Waals surface area contributed by atoms with Crippen molar-refractivity contribution in [2.45, 2.75) is 32.3 Å². The molecule has 0 spiro atoms. The third kappa shape index (κ3) is 6.12. The first-order valence-electron chi connectivity index (χ1n) is 4.15. The molecule has 0 fully saturated rings. The molecule has 0 heterocycles. The van der Waals surface area contributed by atoms with E-state index in [-0.39, 0.29) is 6.42 Å². The van der Waals surface area contributed by atoms with E-state index < -0.39 is 18.7 Å². The highest BCUT2D eigenvalue weighted by atomic mass is 16.5. The number of ether oxygens (including phenoxy) is 1. The topological polar surface area (TPSA) is 66.8 Å². The molecule has 0 aromatic heterocycles. The van der Waals surface area contributed by atoms with Gasteiger partial charge in [0.25, 0.3) is 0 Å². The maximum Gasteiger partial charge on any atom is 0.308 e. The maximum absolute atomic E-state index is 10.8. The van der Waals surface area contributed by atoms with Gasteiger partial charge in [-0.3, -0.25) is 4.79 Å². The summed E-state index contributed by atoms with van der Waals surface area (Å²) in [6.07, 6.45) is 0.691. The molecule has 72 valence electrons. The predicted molar refractivity (Wildman–Crippen MR) is 43.6 cm³/mol. The Labute approximate surface area is 72.2 Å². The molecule has 0 saturated carbocycles. The Kier molecular flexibility index (Phi) is 6.70. The second-order valence-electron chi connectivity index (χ2n) is 2.61. The van der Waals surface area contributed by atoms with Gasteiger partial charge in [-0.25, -0.2) is 0 Å². The van der Waals surface area contributed by atoms with Crippen LogP contribution in [-0.2, 0) is 9.53 Å². The fourth-order valence-corrected chi connectivity index (χ4v) is 0.646. The van der Waals surface area contributed by atoms with E-state index in [1.165, 1.54) is 0 Å². The van der Waals surface area contributed by atoms with E-state index in [4.69, 9.17) is 14.9 Å². The molecular weight excluding hydrogens is 160 g/mol. The second kappa shape index (κ2) is 7.06. The van der Waals surface area contributed by atoms with Crippen molar-refractivity contribution >= 4 is 5.97 Å². The number of esters is 1. The van der Waals surface area contributed by atoms with Gasteiger partial charge in [0.05, 0.1) is 25.7 Å². The number of hydrogen-bond acceptors (Lipinski definition) is 4. The normalized spacial score (nSPS) is 12.6. The number of rotatable bonds is 6. The lowest BCUT2D eigenvalue weighted by Gasteiger charge is -2.06. The van der Waals surface area contributed by atoms with E-state index in [0.29, 0.717) is 6.61 Å². The van der Waals surface area contributed by atoms with E-state index in [0.717, 1.165) is 12.8 Å². The number of carbonyl (C=O) groups excluding carboxylic acids is 1. The Hall–Kier alpha value is -0.610.